The topological polar surface area (TPSA) is 103 Å². The van der Waals surface area contributed by atoms with Crippen LogP contribution in [0.15, 0.2) is 11.2 Å². The maximum Gasteiger partial charge on any atom is 0.340 e. The molecule has 0 aliphatic carbocycles. The number of sulfonamides is 1. The Hall–Kier alpha value is -1.41. The SMILES string of the molecule is CCCCCN(C)S(=O)(=O)c1[nH]ncc1C(=O)O. The Morgan fingerprint density at radius 1 is 1.50 bits per heavy atom. The third kappa shape index (κ3) is 3.08. The van der Waals surface area contributed by atoms with E-state index >= 15 is 0 Å². The van der Waals surface area contributed by atoms with E-state index in [1.165, 1.54) is 7.05 Å². The fraction of sp³-hybridized carbons (Fsp3) is 0.600. The van der Waals surface area contributed by atoms with Crippen LogP contribution in [0.5, 0.6) is 0 Å². The van der Waals surface area contributed by atoms with Crippen molar-refractivity contribution in [2.45, 2.75) is 31.2 Å². The summed E-state index contributed by atoms with van der Waals surface area (Å²) in [6, 6.07) is 0. The van der Waals surface area contributed by atoms with Gasteiger partial charge in [0.15, 0.2) is 5.03 Å². The minimum Gasteiger partial charge on any atom is -0.478 e. The Bertz CT molecular complexity index is 509. The van der Waals surface area contributed by atoms with Gasteiger partial charge in [0.25, 0.3) is 10.0 Å². The number of nitrogens with zero attached hydrogens (tertiary/aromatic N) is 2. The van der Waals surface area contributed by atoms with Crippen LogP contribution in [0.2, 0.25) is 0 Å². The average Bonchev–Trinajstić information content (AvgIpc) is 2.78. The number of aromatic carboxylic acids is 1. The molecule has 0 unspecified atom stereocenters. The molecule has 18 heavy (non-hydrogen) atoms. The summed E-state index contributed by atoms with van der Waals surface area (Å²) in [6.07, 6.45) is 3.64. The highest BCUT2D eigenvalue weighted by Crippen LogP contribution is 2.16. The fourth-order valence-electron chi connectivity index (χ4n) is 1.48. The van der Waals surface area contributed by atoms with E-state index in [1.807, 2.05) is 6.92 Å². The molecule has 0 aliphatic rings. The molecule has 0 saturated carbocycles. The fourth-order valence-corrected chi connectivity index (χ4v) is 2.75. The van der Waals surface area contributed by atoms with Crippen LogP contribution >= 0.6 is 0 Å². The van der Waals surface area contributed by atoms with Gasteiger partial charge in [0.05, 0.1) is 6.20 Å². The van der Waals surface area contributed by atoms with Gasteiger partial charge in [0, 0.05) is 13.6 Å². The van der Waals surface area contributed by atoms with Gasteiger partial charge in [-0.2, -0.15) is 9.40 Å². The lowest BCUT2D eigenvalue weighted by atomic mass is 10.2. The zero-order chi connectivity index (χ0) is 13.8. The summed E-state index contributed by atoms with van der Waals surface area (Å²) in [6.45, 7) is 2.38. The van der Waals surface area contributed by atoms with Crippen molar-refractivity contribution in [3.63, 3.8) is 0 Å². The standard InChI is InChI=1S/C10H17N3O4S/c1-3-4-5-6-13(2)18(16,17)9-8(10(14)15)7-11-12-9/h7H,3-6H2,1-2H3,(H,11,12)(H,14,15). The van der Waals surface area contributed by atoms with Gasteiger partial charge in [0.1, 0.15) is 5.56 Å². The van der Waals surface area contributed by atoms with E-state index in [0.29, 0.717) is 6.54 Å². The summed E-state index contributed by atoms with van der Waals surface area (Å²) < 4.78 is 25.3. The van der Waals surface area contributed by atoms with Crippen LogP contribution in [0.3, 0.4) is 0 Å². The maximum absolute atomic E-state index is 12.1. The lowest BCUT2D eigenvalue weighted by molar-refractivity contribution is 0.0692. The number of carboxylic acid groups (broad SMARTS) is 1. The first-order valence-electron chi connectivity index (χ1n) is 5.64. The summed E-state index contributed by atoms with van der Waals surface area (Å²) in [5.74, 6) is -1.32. The number of aromatic amines is 1. The van der Waals surface area contributed by atoms with Gasteiger partial charge in [-0.1, -0.05) is 19.8 Å². The number of H-pyrrole nitrogens is 1. The Balaban J connectivity index is 2.92. The summed E-state index contributed by atoms with van der Waals surface area (Å²) in [5, 5.41) is 14.2. The van der Waals surface area contributed by atoms with E-state index in [1.54, 1.807) is 0 Å². The Morgan fingerprint density at radius 2 is 2.17 bits per heavy atom. The molecular weight excluding hydrogens is 258 g/mol. The van der Waals surface area contributed by atoms with Gasteiger partial charge < -0.3 is 5.11 Å². The van der Waals surface area contributed by atoms with Crippen molar-refractivity contribution in [3.05, 3.63) is 11.8 Å². The maximum atomic E-state index is 12.1. The number of aromatic nitrogens is 2. The summed E-state index contributed by atoms with van der Waals surface area (Å²) >= 11 is 0. The number of unbranched alkanes of at least 4 members (excludes halogenated alkanes) is 2. The van der Waals surface area contributed by atoms with Crippen LogP contribution in [-0.4, -0.2) is 47.6 Å². The van der Waals surface area contributed by atoms with Crippen molar-refractivity contribution in [1.82, 2.24) is 14.5 Å². The molecule has 0 fully saturated rings. The molecule has 1 aromatic heterocycles. The lowest BCUT2D eigenvalue weighted by Crippen LogP contribution is -2.29. The third-order valence-electron chi connectivity index (χ3n) is 2.58. The van der Waals surface area contributed by atoms with E-state index in [-0.39, 0.29) is 10.6 Å². The van der Waals surface area contributed by atoms with Crippen LogP contribution < -0.4 is 0 Å². The molecule has 1 aromatic rings. The number of hydrogen-bond donors (Lipinski definition) is 2. The molecule has 0 radical (unpaired) electrons. The molecular formula is C10H17N3O4S. The van der Waals surface area contributed by atoms with Crippen molar-refractivity contribution < 1.29 is 18.3 Å². The van der Waals surface area contributed by atoms with Crippen molar-refractivity contribution in [2.24, 2.45) is 0 Å². The molecule has 0 saturated heterocycles. The molecule has 102 valence electrons. The van der Waals surface area contributed by atoms with Gasteiger partial charge in [-0.3, -0.25) is 5.10 Å². The molecule has 0 atom stereocenters. The Kier molecular flexibility index (Phi) is 4.85. The minimum atomic E-state index is -3.82. The quantitative estimate of drug-likeness (QED) is 0.720. The average molecular weight is 275 g/mol. The van der Waals surface area contributed by atoms with E-state index in [2.05, 4.69) is 10.2 Å². The largest absolute Gasteiger partial charge is 0.478 e. The summed E-state index contributed by atoms with van der Waals surface area (Å²) in [4.78, 5) is 10.9. The molecule has 1 rings (SSSR count). The van der Waals surface area contributed by atoms with Gasteiger partial charge >= 0.3 is 5.97 Å². The zero-order valence-electron chi connectivity index (χ0n) is 10.4. The second-order valence-electron chi connectivity index (χ2n) is 3.95. The first-order chi connectivity index (χ1) is 8.41. The van der Waals surface area contributed by atoms with Crippen LogP contribution in [-0.2, 0) is 10.0 Å². The Morgan fingerprint density at radius 3 is 2.72 bits per heavy atom. The normalized spacial score (nSPS) is 11.9. The van der Waals surface area contributed by atoms with Crippen LogP contribution in [0.25, 0.3) is 0 Å². The highest BCUT2D eigenvalue weighted by Gasteiger charge is 2.28. The van der Waals surface area contributed by atoms with E-state index in [9.17, 15) is 13.2 Å². The van der Waals surface area contributed by atoms with Gasteiger partial charge in [-0.05, 0) is 6.42 Å². The molecule has 0 aliphatic heterocycles. The van der Waals surface area contributed by atoms with Crippen molar-refractivity contribution in [2.75, 3.05) is 13.6 Å². The predicted molar refractivity (Wildman–Crippen MR) is 64.9 cm³/mol. The highest BCUT2D eigenvalue weighted by molar-refractivity contribution is 7.89. The molecule has 0 spiro atoms. The molecule has 8 heteroatoms. The first kappa shape index (κ1) is 14.7. The molecule has 0 amide bonds. The second kappa shape index (κ2) is 5.96. The summed E-state index contributed by atoms with van der Waals surface area (Å²) in [7, 11) is -2.39. The minimum absolute atomic E-state index is 0.336. The third-order valence-corrected chi connectivity index (χ3v) is 4.41. The second-order valence-corrected chi connectivity index (χ2v) is 5.93. The van der Waals surface area contributed by atoms with Gasteiger partial charge in [-0.25, -0.2) is 13.2 Å². The lowest BCUT2D eigenvalue weighted by Gasteiger charge is -2.16. The highest BCUT2D eigenvalue weighted by atomic mass is 32.2. The number of hydrogen-bond acceptors (Lipinski definition) is 4. The van der Waals surface area contributed by atoms with Crippen molar-refractivity contribution in [1.29, 1.82) is 0 Å². The van der Waals surface area contributed by atoms with Crippen molar-refractivity contribution >= 4 is 16.0 Å². The number of nitrogens with one attached hydrogen (secondary N) is 1. The van der Waals surface area contributed by atoms with Crippen LogP contribution in [0.4, 0.5) is 0 Å². The summed E-state index contributed by atoms with van der Waals surface area (Å²) in [5.41, 5.74) is -0.336. The number of rotatable bonds is 7. The van der Waals surface area contributed by atoms with Crippen molar-refractivity contribution in [3.8, 4) is 0 Å². The molecule has 0 aromatic carbocycles. The van der Waals surface area contributed by atoms with Crippen LogP contribution in [0, 0.1) is 0 Å². The molecule has 7 nitrogen and oxygen atoms in total. The Labute approximate surface area is 106 Å². The molecule has 0 bridgehead atoms. The van der Waals surface area contributed by atoms with Crippen LogP contribution in [0.1, 0.15) is 36.5 Å². The predicted octanol–water partition coefficient (Wildman–Crippen LogP) is 0.919. The first-order valence-corrected chi connectivity index (χ1v) is 7.08. The van der Waals surface area contributed by atoms with Gasteiger partial charge in [0.2, 0.25) is 0 Å². The zero-order valence-corrected chi connectivity index (χ0v) is 11.2. The number of carbonyl (C=O) groups is 1. The molecule has 2 N–H and O–H groups in total. The number of carboxylic acids is 1. The smallest absolute Gasteiger partial charge is 0.340 e. The van der Waals surface area contributed by atoms with E-state index in [4.69, 9.17) is 5.11 Å². The monoisotopic (exact) mass is 275 g/mol. The van der Waals surface area contributed by atoms with E-state index in [0.717, 1.165) is 29.8 Å². The van der Waals surface area contributed by atoms with Gasteiger partial charge in [-0.15, -0.1) is 0 Å². The van der Waals surface area contributed by atoms with E-state index < -0.39 is 16.0 Å². The molecule has 1 heterocycles.